The highest BCUT2D eigenvalue weighted by Crippen LogP contribution is 2.10. The first-order chi connectivity index (χ1) is 6.24. The van der Waals surface area contributed by atoms with E-state index in [2.05, 4.69) is 4.98 Å². The highest BCUT2D eigenvalue weighted by Gasteiger charge is 2.04. The van der Waals surface area contributed by atoms with Crippen molar-refractivity contribution in [3.05, 3.63) is 24.0 Å². The van der Waals surface area contributed by atoms with E-state index in [1.54, 1.807) is 0 Å². The van der Waals surface area contributed by atoms with Crippen molar-refractivity contribution in [2.45, 2.75) is 0 Å². The lowest BCUT2D eigenvalue weighted by Gasteiger charge is -2.03. The van der Waals surface area contributed by atoms with E-state index in [0.717, 1.165) is 0 Å². The van der Waals surface area contributed by atoms with E-state index in [0.29, 0.717) is 5.75 Å². The summed E-state index contributed by atoms with van der Waals surface area (Å²) in [6, 6.07) is 2.83. The second-order valence-electron chi connectivity index (χ2n) is 2.25. The van der Waals surface area contributed by atoms with Gasteiger partial charge in [0.05, 0.1) is 6.61 Å². The molecule has 0 radical (unpaired) electrons. The van der Waals surface area contributed by atoms with Crippen LogP contribution in [-0.2, 0) is 0 Å². The van der Waals surface area contributed by atoms with Crippen molar-refractivity contribution in [1.82, 2.24) is 4.98 Å². The number of aliphatic hydroxyl groups excluding tert-OH is 1. The van der Waals surface area contributed by atoms with Crippen molar-refractivity contribution in [2.24, 2.45) is 0 Å². The summed E-state index contributed by atoms with van der Waals surface area (Å²) in [5.74, 6) is -0.712. The van der Waals surface area contributed by atoms with Crippen LogP contribution < -0.4 is 4.74 Å². The van der Waals surface area contributed by atoms with Gasteiger partial charge in [0.15, 0.2) is 5.69 Å². The number of pyridine rings is 1. The summed E-state index contributed by atoms with van der Waals surface area (Å²) in [5.41, 5.74) is -0.0737. The van der Waals surface area contributed by atoms with Crippen molar-refractivity contribution in [3.8, 4) is 5.75 Å². The molecule has 0 aliphatic rings. The lowest BCUT2D eigenvalue weighted by molar-refractivity contribution is 0.0690. The van der Waals surface area contributed by atoms with Crippen LogP contribution in [0.5, 0.6) is 5.75 Å². The Morgan fingerprint density at radius 2 is 2.38 bits per heavy atom. The van der Waals surface area contributed by atoms with E-state index in [4.69, 9.17) is 14.9 Å². The Morgan fingerprint density at radius 1 is 1.62 bits per heavy atom. The van der Waals surface area contributed by atoms with Gasteiger partial charge in [-0.05, 0) is 6.07 Å². The number of nitrogens with zero attached hydrogens (tertiary/aromatic N) is 1. The zero-order valence-corrected chi connectivity index (χ0v) is 6.80. The monoisotopic (exact) mass is 183 g/mol. The molecular formula is C8H9NO4. The molecule has 0 aromatic carbocycles. The fraction of sp³-hybridized carbons (Fsp3) is 0.250. The maximum atomic E-state index is 10.5. The Balaban J connectivity index is 2.73. The molecule has 1 rings (SSSR count). The Kier molecular flexibility index (Phi) is 3.22. The third-order valence-corrected chi connectivity index (χ3v) is 1.31. The average molecular weight is 183 g/mol. The molecule has 0 aliphatic heterocycles. The average Bonchev–Trinajstić information content (AvgIpc) is 2.15. The predicted octanol–water partition coefficient (Wildman–Crippen LogP) is 0.151. The number of ether oxygens (including phenoxy) is 1. The van der Waals surface area contributed by atoms with Gasteiger partial charge in [-0.25, -0.2) is 9.78 Å². The SMILES string of the molecule is O=C(O)c1cc(OCCO)ccn1. The molecule has 0 bridgehead atoms. The fourth-order valence-electron chi connectivity index (χ4n) is 0.781. The van der Waals surface area contributed by atoms with Crippen molar-refractivity contribution >= 4 is 5.97 Å². The molecule has 5 heteroatoms. The Morgan fingerprint density at radius 3 is 3.00 bits per heavy atom. The van der Waals surface area contributed by atoms with Gasteiger partial charge < -0.3 is 14.9 Å². The Bertz CT molecular complexity index is 300. The van der Waals surface area contributed by atoms with Gasteiger partial charge in [-0.15, -0.1) is 0 Å². The molecule has 0 saturated carbocycles. The van der Waals surface area contributed by atoms with Gasteiger partial charge in [0.2, 0.25) is 0 Å². The molecule has 0 atom stereocenters. The maximum Gasteiger partial charge on any atom is 0.354 e. The number of carboxylic acid groups (broad SMARTS) is 1. The third-order valence-electron chi connectivity index (χ3n) is 1.31. The summed E-state index contributed by atoms with van der Waals surface area (Å²) >= 11 is 0. The fourth-order valence-corrected chi connectivity index (χ4v) is 0.781. The van der Waals surface area contributed by atoms with Gasteiger partial charge in [-0.3, -0.25) is 0 Å². The van der Waals surface area contributed by atoms with E-state index in [9.17, 15) is 4.79 Å². The van der Waals surface area contributed by atoms with Crippen molar-refractivity contribution < 1.29 is 19.7 Å². The number of rotatable bonds is 4. The standard InChI is InChI=1S/C8H9NO4/c10-3-4-13-6-1-2-9-7(5-6)8(11)12/h1-2,5,10H,3-4H2,(H,11,12). The number of aromatic nitrogens is 1. The number of carboxylic acids is 1. The molecule has 0 aliphatic carbocycles. The highest BCUT2D eigenvalue weighted by atomic mass is 16.5. The second kappa shape index (κ2) is 4.42. The smallest absolute Gasteiger partial charge is 0.354 e. The number of hydrogen-bond acceptors (Lipinski definition) is 4. The van der Waals surface area contributed by atoms with Crippen LogP contribution >= 0.6 is 0 Å². The normalized spacial score (nSPS) is 9.62. The summed E-state index contributed by atoms with van der Waals surface area (Å²) in [6.07, 6.45) is 1.34. The first-order valence-electron chi connectivity index (χ1n) is 3.67. The Labute approximate surface area is 74.6 Å². The Hall–Kier alpha value is -1.62. The topological polar surface area (TPSA) is 79.7 Å². The molecule has 1 heterocycles. The van der Waals surface area contributed by atoms with E-state index in [1.165, 1.54) is 18.3 Å². The number of aliphatic hydroxyl groups is 1. The maximum absolute atomic E-state index is 10.5. The first kappa shape index (κ1) is 9.47. The molecule has 0 saturated heterocycles. The minimum atomic E-state index is -1.10. The molecule has 1 aromatic heterocycles. The van der Waals surface area contributed by atoms with Gasteiger partial charge in [0, 0.05) is 12.3 Å². The summed E-state index contributed by atoms with van der Waals surface area (Å²) in [4.78, 5) is 14.1. The first-order valence-corrected chi connectivity index (χ1v) is 3.67. The van der Waals surface area contributed by atoms with Crippen LogP contribution in [0.15, 0.2) is 18.3 Å². The van der Waals surface area contributed by atoms with Gasteiger partial charge in [0.1, 0.15) is 12.4 Å². The predicted molar refractivity (Wildman–Crippen MR) is 43.8 cm³/mol. The van der Waals surface area contributed by atoms with Gasteiger partial charge in [0.25, 0.3) is 0 Å². The van der Waals surface area contributed by atoms with Crippen LogP contribution in [0, 0.1) is 0 Å². The van der Waals surface area contributed by atoms with Gasteiger partial charge in [-0.1, -0.05) is 0 Å². The summed E-state index contributed by atoms with van der Waals surface area (Å²) < 4.78 is 4.99. The largest absolute Gasteiger partial charge is 0.491 e. The lowest BCUT2D eigenvalue weighted by Crippen LogP contribution is -2.04. The van der Waals surface area contributed by atoms with E-state index in [1.807, 2.05) is 0 Å². The molecule has 0 spiro atoms. The lowest BCUT2D eigenvalue weighted by atomic mass is 10.3. The van der Waals surface area contributed by atoms with Crippen molar-refractivity contribution in [3.63, 3.8) is 0 Å². The van der Waals surface area contributed by atoms with E-state index >= 15 is 0 Å². The molecule has 2 N–H and O–H groups in total. The molecule has 1 aromatic rings. The molecule has 13 heavy (non-hydrogen) atoms. The quantitative estimate of drug-likeness (QED) is 0.694. The number of hydrogen-bond donors (Lipinski definition) is 2. The van der Waals surface area contributed by atoms with E-state index in [-0.39, 0.29) is 18.9 Å². The summed E-state index contributed by atoms with van der Waals surface area (Å²) in [5, 5.41) is 17.0. The van der Waals surface area contributed by atoms with Crippen molar-refractivity contribution in [2.75, 3.05) is 13.2 Å². The van der Waals surface area contributed by atoms with Crippen molar-refractivity contribution in [1.29, 1.82) is 0 Å². The van der Waals surface area contributed by atoms with Crippen LogP contribution in [0.2, 0.25) is 0 Å². The highest BCUT2D eigenvalue weighted by molar-refractivity contribution is 5.85. The summed E-state index contributed by atoms with van der Waals surface area (Å²) in [6.45, 7) is 0.0355. The van der Waals surface area contributed by atoms with Gasteiger partial charge in [-0.2, -0.15) is 0 Å². The molecular weight excluding hydrogens is 174 g/mol. The van der Waals surface area contributed by atoms with Crippen LogP contribution in [0.25, 0.3) is 0 Å². The second-order valence-corrected chi connectivity index (χ2v) is 2.25. The molecule has 70 valence electrons. The number of carbonyl (C=O) groups is 1. The third kappa shape index (κ3) is 2.72. The molecule has 5 nitrogen and oxygen atoms in total. The van der Waals surface area contributed by atoms with Crippen LogP contribution in [0.1, 0.15) is 10.5 Å². The van der Waals surface area contributed by atoms with Crippen LogP contribution in [0.4, 0.5) is 0 Å². The summed E-state index contributed by atoms with van der Waals surface area (Å²) in [7, 11) is 0. The molecule has 0 unspecified atom stereocenters. The minimum absolute atomic E-state index is 0.0737. The van der Waals surface area contributed by atoms with E-state index < -0.39 is 5.97 Å². The van der Waals surface area contributed by atoms with Crippen LogP contribution in [-0.4, -0.2) is 34.4 Å². The molecule has 0 fully saturated rings. The zero-order chi connectivity index (χ0) is 9.68. The molecule has 0 amide bonds. The number of aromatic carboxylic acids is 1. The minimum Gasteiger partial charge on any atom is -0.491 e. The zero-order valence-electron chi connectivity index (χ0n) is 6.80. The van der Waals surface area contributed by atoms with Gasteiger partial charge >= 0.3 is 5.97 Å². The van der Waals surface area contributed by atoms with Crippen LogP contribution in [0.3, 0.4) is 0 Å².